The van der Waals surface area contributed by atoms with Gasteiger partial charge in [-0.15, -0.1) is 0 Å². The quantitative estimate of drug-likeness (QED) is 0.494. The van der Waals surface area contributed by atoms with Gasteiger partial charge in [0, 0.05) is 37.9 Å². The van der Waals surface area contributed by atoms with Crippen LogP contribution in [0.15, 0.2) is 41.0 Å². The van der Waals surface area contributed by atoms with E-state index >= 15 is 0 Å². The average Bonchev–Trinajstić information content (AvgIpc) is 3.50. The third kappa shape index (κ3) is 4.78. The van der Waals surface area contributed by atoms with Crippen LogP contribution in [0.1, 0.15) is 49.0 Å². The molecule has 0 spiro atoms. The van der Waals surface area contributed by atoms with Crippen molar-refractivity contribution in [2.75, 3.05) is 36.4 Å². The van der Waals surface area contributed by atoms with Crippen molar-refractivity contribution in [3.63, 3.8) is 0 Å². The molecule has 4 heterocycles. The zero-order valence-corrected chi connectivity index (χ0v) is 20.3. The number of rotatable bonds is 5. The van der Waals surface area contributed by atoms with Gasteiger partial charge in [-0.3, -0.25) is 19.2 Å². The third-order valence-electron chi connectivity index (χ3n) is 7.29. The zero-order valence-electron chi connectivity index (χ0n) is 20.3. The second kappa shape index (κ2) is 10.0. The van der Waals surface area contributed by atoms with Crippen LogP contribution in [0.2, 0.25) is 0 Å². The van der Waals surface area contributed by atoms with E-state index in [1.54, 1.807) is 29.4 Å². The van der Waals surface area contributed by atoms with Gasteiger partial charge in [0.1, 0.15) is 5.76 Å². The summed E-state index contributed by atoms with van der Waals surface area (Å²) in [5.74, 6) is -0.807. The number of amides is 4. The van der Waals surface area contributed by atoms with E-state index in [1.807, 2.05) is 24.0 Å². The normalized spacial score (nSPS) is 19.5. The fraction of sp³-hybridized carbons (Fsp3) is 0.407. The first-order chi connectivity index (χ1) is 17.4. The molecule has 36 heavy (non-hydrogen) atoms. The Kier molecular flexibility index (Phi) is 6.63. The van der Waals surface area contributed by atoms with Crippen molar-refractivity contribution < 1.29 is 23.6 Å². The Balaban J connectivity index is 1.10. The number of benzene rings is 1. The van der Waals surface area contributed by atoms with E-state index in [1.165, 1.54) is 6.08 Å². The highest BCUT2D eigenvalue weighted by atomic mass is 16.3. The van der Waals surface area contributed by atoms with Crippen LogP contribution in [0, 0.1) is 5.92 Å². The van der Waals surface area contributed by atoms with E-state index in [4.69, 9.17) is 4.42 Å². The molecule has 1 unspecified atom stereocenters. The van der Waals surface area contributed by atoms with Crippen molar-refractivity contribution in [1.82, 2.24) is 10.2 Å². The van der Waals surface area contributed by atoms with Crippen molar-refractivity contribution in [3.8, 4) is 0 Å². The Hall–Kier alpha value is -3.88. The van der Waals surface area contributed by atoms with Gasteiger partial charge in [-0.1, -0.05) is 0 Å². The van der Waals surface area contributed by atoms with E-state index in [2.05, 4.69) is 10.6 Å². The topological polar surface area (TPSA) is 112 Å². The number of carbonyl (C=O) groups excluding carboxylic acids is 4. The summed E-state index contributed by atoms with van der Waals surface area (Å²) in [7, 11) is 0. The summed E-state index contributed by atoms with van der Waals surface area (Å²) >= 11 is 0. The van der Waals surface area contributed by atoms with Crippen LogP contribution in [-0.4, -0.2) is 54.7 Å². The Bertz CT molecular complexity index is 1210. The lowest BCUT2D eigenvalue weighted by molar-refractivity contribution is -0.136. The lowest BCUT2D eigenvalue weighted by Crippen LogP contribution is -2.43. The molecule has 4 amide bonds. The number of anilines is 2. The number of hydrogen-bond acceptors (Lipinski definition) is 5. The highest BCUT2D eigenvalue weighted by Gasteiger charge is 2.38. The van der Waals surface area contributed by atoms with Gasteiger partial charge >= 0.3 is 11.8 Å². The maximum absolute atomic E-state index is 12.6. The minimum atomic E-state index is -0.720. The molecule has 1 atom stereocenters. The summed E-state index contributed by atoms with van der Waals surface area (Å²) in [4.78, 5) is 53.5. The summed E-state index contributed by atoms with van der Waals surface area (Å²) in [5.41, 5.74) is 3.46. The first-order valence-electron chi connectivity index (χ1n) is 12.5. The molecule has 1 saturated heterocycles. The van der Waals surface area contributed by atoms with Crippen molar-refractivity contribution in [2.45, 2.75) is 38.5 Å². The van der Waals surface area contributed by atoms with Gasteiger partial charge < -0.3 is 24.9 Å². The van der Waals surface area contributed by atoms with Crippen molar-refractivity contribution in [3.05, 3.63) is 53.5 Å². The molecule has 1 fully saturated rings. The molecular formula is C27H30N4O5. The number of carbonyl (C=O) groups is 4. The predicted molar refractivity (Wildman–Crippen MR) is 134 cm³/mol. The molecule has 0 bridgehead atoms. The van der Waals surface area contributed by atoms with Crippen LogP contribution >= 0.6 is 0 Å². The SMILES string of the molecule is CC1C(=O)N2CCCc3cc(NC(=O)C(=O)NCC4CCN(C(=O)C=Cc5ccco5)CC4)cc1c32. The number of nitrogens with one attached hydrogen (secondary N) is 2. The number of furan rings is 1. The smallest absolute Gasteiger partial charge is 0.313 e. The number of piperidine rings is 1. The van der Waals surface area contributed by atoms with E-state index in [0.29, 0.717) is 31.1 Å². The van der Waals surface area contributed by atoms with Gasteiger partial charge in [-0.25, -0.2) is 0 Å². The number of likely N-dealkylation sites (tertiary alicyclic amines) is 1. The van der Waals surface area contributed by atoms with Gasteiger partial charge in [0.05, 0.1) is 17.9 Å². The van der Waals surface area contributed by atoms with Gasteiger partial charge in [0.25, 0.3) is 0 Å². The molecule has 3 aliphatic heterocycles. The van der Waals surface area contributed by atoms with E-state index < -0.39 is 11.8 Å². The minimum absolute atomic E-state index is 0.0687. The lowest BCUT2D eigenvalue weighted by atomic mass is 9.96. The molecule has 9 heteroatoms. The standard InChI is InChI=1S/C27H30N4O5/c1-17-22-15-20(14-19-4-2-10-31(24(19)22)27(17)35)29-26(34)25(33)28-16-18-8-11-30(12-9-18)23(32)7-6-21-5-3-13-36-21/h3,5-7,13-15,17-18H,2,4,8-12,16H2,1H3,(H,28,33)(H,29,34). The molecule has 3 aliphatic rings. The lowest BCUT2D eigenvalue weighted by Gasteiger charge is -2.31. The molecule has 9 nitrogen and oxygen atoms in total. The maximum atomic E-state index is 12.6. The maximum Gasteiger partial charge on any atom is 0.313 e. The third-order valence-corrected chi connectivity index (χ3v) is 7.29. The molecule has 2 N–H and O–H groups in total. The van der Waals surface area contributed by atoms with E-state index in [9.17, 15) is 19.2 Å². The first kappa shape index (κ1) is 23.8. The molecule has 1 aromatic heterocycles. The molecule has 0 radical (unpaired) electrons. The second-order valence-electron chi connectivity index (χ2n) is 9.67. The van der Waals surface area contributed by atoms with Crippen LogP contribution in [-0.2, 0) is 25.6 Å². The zero-order chi connectivity index (χ0) is 25.2. The van der Waals surface area contributed by atoms with Crippen LogP contribution in [0.4, 0.5) is 11.4 Å². The predicted octanol–water partition coefficient (Wildman–Crippen LogP) is 2.68. The fourth-order valence-electron chi connectivity index (χ4n) is 5.28. The Morgan fingerprint density at radius 2 is 1.94 bits per heavy atom. The molecular weight excluding hydrogens is 460 g/mol. The van der Waals surface area contributed by atoms with Crippen LogP contribution in [0.5, 0.6) is 0 Å². The largest absolute Gasteiger partial charge is 0.465 e. The fourth-order valence-corrected chi connectivity index (χ4v) is 5.28. The van der Waals surface area contributed by atoms with Crippen molar-refractivity contribution in [1.29, 1.82) is 0 Å². The summed E-state index contributed by atoms with van der Waals surface area (Å²) < 4.78 is 5.20. The first-order valence-corrected chi connectivity index (χ1v) is 12.5. The van der Waals surface area contributed by atoms with Crippen LogP contribution < -0.4 is 15.5 Å². The minimum Gasteiger partial charge on any atom is -0.465 e. The number of nitrogens with zero attached hydrogens (tertiary/aromatic N) is 2. The molecule has 1 aromatic carbocycles. The van der Waals surface area contributed by atoms with Crippen molar-refractivity contribution >= 4 is 41.1 Å². The van der Waals surface area contributed by atoms with Crippen molar-refractivity contribution in [2.24, 2.45) is 5.92 Å². The number of aryl methyl sites for hydroxylation is 1. The molecule has 0 aliphatic carbocycles. The monoisotopic (exact) mass is 490 g/mol. The molecule has 5 rings (SSSR count). The van der Waals surface area contributed by atoms with Gasteiger partial charge in [-0.2, -0.15) is 0 Å². The highest BCUT2D eigenvalue weighted by Crippen LogP contribution is 2.44. The summed E-state index contributed by atoms with van der Waals surface area (Å²) in [6.45, 7) is 4.18. The Morgan fingerprint density at radius 1 is 1.14 bits per heavy atom. The summed E-state index contributed by atoms with van der Waals surface area (Å²) in [6, 6.07) is 7.23. The van der Waals surface area contributed by atoms with Crippen LogP contribution in [0.25, 0.3) is 6.08 Å². The highest BCUT2D eigenvalue weighted by molar-refractivity contribution is 6.39. The summed E-state index contributed by atoms with van der Waals surface area (Å²) in [5, 5.41) is 5.44. The average molecular weight is 491 g/mol. The van der Waals surface area contributed by atoms with E-state index in [0.717, 1.165) is 49.0 Å². The second-order valence-corrected chi connectivity index (χ2v) is 9.67. The van der Waals surface area contributed by atoms with Gasteiger partial charge in [0.15, 0.2) is 0 Å². The number of hydrogen-bond donors (Lipinski definition) is 2. The van der Waals surface area contributed by atoms with Crippen LogP contribution in [0.3, 0.4) is 0 Å². The van der Waals surface area contributed by atoms with Gasteiger partial charge in [0.2, 0.25) is 11.8 Å². The Morgan fingerprint density at radius 3 is 2.69 bits per heavy atom. The summed E-state index contributed by atoms with van der Waals surface area (Å²) in [6.07, 6.45) is 7.94. The van der Waals surface area contributed by atoms with E-state index in [-0.39, 0.29) is 23.7 Å². The molecule has 0 saturated carbocycles. The molecule has 2 aromatic rings. The van der Waals surface area contributed by atoms with Gasteiger partial charge in [-0.05, 0) is 80.0 Å². The molecule has 188 valence electrons. The Labute approximate surface area is 209 Å².